The number of carboxylic acid groups (broad SMARTS) is 1. The van der Waals surface area contributed by atoms with Gasteiger partial charge in [-0.3, -0.25) is 9.59 Å². The Morgan fingerprint density at radius 2 is 0.640 bits per heavy atom. The van der Waals surface area contributed by atoms with Crippen molar-refractivity contribution in [1.82, 2.24) is 0 Å². The second kappa shape index (κ2) is 70.6. The highest BCUT2D eigenvalue weighted by atomic mass is 16.7. The van der Waals surface area contributed by atoms with Crippen molar-refractivity contribution in [2.24, 2.45) is 0 Å². The van der Waals surface area contributed by atoms with Crippen molar-refractivity contribution in [1.29, 1.82) is 0 Å². The van der Waals surface area contributed by atoms with Gasteiger partial charge in [-0.2, -0.15) is 0 Å². The van der Waals surface area contributed by atoms with Crippen molar-refractivity contribution in [3.8, 4) is 0 Å². The van der Waals surface area contributed by atoms with Gasteiger partial charge in [-0.15, -0.1) is 0 Å². The Morgan fingerprint density at radius 3 is 0.955 bits per heavy atom. The van der Waals surface area contributed by atoms with E-state index in [0.717, 1.165) is 64.2 Å². The van der Waals surface area contributed by atoms with Gasteiger partial charge in [-0.05, 0) is 83.5 Å². The number of carbonyl (C=O) groups excluding carboxylic acids is 3. The largest absolute Gasteiger partial charge is 0.545 e. The molecule has 89 heavy (non-hydrogen) atoms. The molecule has 0 aromatic rings. The molecule has 2 unspecified atom stereocenters. The van der Waals surface area contributed by atoms with Crippen LogP contribution >= 0.6 is 0 Å². The summed E-state index contributed by atoms with van der Waals surface area (Å²) >= 11 is 0. The van der Waals surface area contributed by atoms with Crippen LogP contribution in [0.25, 0.3) is 0 Å². The number of carboxylic acids is 1. The summed E-state index contributed by atoms with van der Waals surface area (Å²) in [5, 5.41) is 11.8. The number of hydrogen-bond acceptors (Lipinski definition) is 8. The van der Waals surface area contributed by atoms with Crippen LogP contribution < -0.4 is 5.11 Å². The summed E-state index contributed by atoms with van der Waals surface area (Å²) in [6.45, 7) is 4.68. The molecule has 0 aromatic heterocycles. The highest BCUT2D eigenvalue weighted by Gasteiger charge is 2.22. The fraction of sp³-hybridized carbons (Fsp3) is 0.812. The third kappa shape index (κ3) is 72.0. The Morgan fingerprint density at radius 1 is 0.348 bits per heavy atom. The number of carbonyl (C=O) groups is 3. The number of rotatable bonds is 71. The van der Waals surface area contributed by atoms with E-state index in [2.05, 4.69) is 86.8 Å². The second-order valence-electron chi connectivity index (χ2n) is 26.9. The number of ether oxygens (including phenoxy) is 4. The zero-order valence-corrected chi connectivity index (χ0v) is 59.3. The predicted molar refractivity (Wildman–Crippen MR) is 380 cm³/mol. The number of esters is 2. The zero-order chi connectivity index (χ0) is 64.7. The van der Waals surface area contributed by atoms with Gasteiger partial charge < -0.3 is 33.3 Å². The topological polar surface area (TPSA) is 111 Å². The van der Waals surface area contributed by atoms with Crippen LogP contribution in [0.2, 0.25) is 0 Å². The molecule has 0 aliphatic carbocycles. The molecule has 518 valence electrons. The van der Waals surface area contributed by atoms with E-state index in [0.29, 0.717) is 23.9 Å². The Hall–Kier alpha value is -3.27. The molecule has 0 aliphatic heterocycles. The zero-order valence-electron chi connectivity index (χ0n) is 59.3. The summed E-state index contributed by atoms with van der Waals surface area (Å²) in [6, 6.07) is 0. The highest BCUT2D eigenvalue weighted by molar-refractivity contribution is 5.70. The average Bonchev–Trinajstić information content (AvgIpc) is 3.64. The molecule has 0 fully saturated rings. The molecule has 0 heterocycles. The van der Waals surface area contributed by atoms with E-state index < -0.39 is 24.3 Å². The van der Waals surface area contributed by atoms with Gasteiger partial charge in [-0.25, -0.2) is 0 Å². The molecule has 0 saturated carbocycles. The quantitative estimate of drug-likeness (QED) is 0.0195. The first kappa shape index (κ1) is 85.7. The van der Waals surface area contributed by atoms with Crippen LogP contribution in [0.15, 0.2) is 72.9 Å². The van der Waals surface area contributed by atoms with E-state index in [1.165, 1.54) is 263 Å². The number of likely N-dealkylation sites (N-methyl/N-ethyl adjacent to an activating group) is 1. The van der Waals surface area contributed by atoms with Gasteiger partial charge in [0.25, 0.3) is 0 Å². The van der Waals surface area contributed by atoms with Crippen LogP contribution in [0.4, 0.5) is 0 Å². The molecule has 0 radical (unpaired) electrons. The first-order chi connectivity index (χ1) is 43.6. The van der Waals surface area contributed by atoms with Crippen LogP contribution in [-0.2, 0) is 33.3 Å². The minimum atomic E-state index is -1.62. The average molecular weight is 1250 g/mol. The molecule has 0 N–H and O–H groups in total. The highest BCUT2D eigenvalue weighted by Crippen LogP contribution is 2.19. The Bertz CT molecular complexity index is 1690. The Kier molecular flexibility index (Phi) is 68.0. The number of unbranched alkanes of at least 4 members (excludes halogenated alkanes) is 44. The number of allylic oxidation sites excluding steroid dienone is 12. The van der Waals surface area contributed by atoms with Crippen molar-refractivity contribution in [2.45, 2.75) is 373 Å². The third-order valence-corrected chi connectivity index (χ3v) is 16.9. The van der Waals surface area contributed by atoms with E-state index in [1.54, 1.807) is 0 Å². The van der Waals surface area contributed by atoms with Crippen LogP contribution in [0, 0.1) is 0 Å². The molecule has 0 spiro atoms. The van der Waals surface area contributed by atoms with Gasteiger partial charge in [0.2, 0.25) is 0 Å². The number of nitrogens with zero attached hydrogens (tertiary/aromatic N) is 1. The van der Waals surface area contributed by atoms with E-state index in [9.17, 15) is 19.5 Å². The lowest BCUT2D eigenvalue weighted by atomic mass is 10.0. The lowest BCUT2D eigenvalue weighted by Gasteiger charge is -2.26. The van der Waals surface area contributed by atoms with Crippen molar-refractivity contribution < 1.29 is 42.9 Å². The van der Waals surface area contributed by atoms with Crippen molar-refractivity contribution in [3.05, 3.63) is 72.9 Å². The summed E-state index contributed by atoms with van der Waals surface area (Å²) in [5.74, 6) is -2.26. The molecule has 9 heteroatoms. The molecular formula is C80H145NO8. The fourth-order valence-corrected chi connectivity index (χ4v) is 11.2. The lowest BCUT2D eigenvalue weighted by molar-refractivity contribution is -0.870. The first-order valence-electron chi connectivity index (χ1n) is 38.1. The summed E-state index contributed by atoms with van der Waals surface area (Å²) < 4.78 is 22.8. The van der Waals surface area contributed by atoms with E-state index in [-0.39, 0.29) is 32.2 Å². The standard InChI is InChI=1S/C80H145NO8/c1-6-8-10-12-14-16-18-20-22-24-26-28-30-32-33-34-35-36-37-38-39-40-41-42-43-44-45-47-49-51-53-55-57-59-61-63-65-67-69-71-78(83)89-76(75-88-80(79(84)85)86-73-72-81(3,4)5)74-87-77(82)70-68-66-64-62-60-58-56-54-52-50-48-46-31-29-27-25-23-21-19-17-15-13-11-9-7-2/h8,10,14,16,19-22,25-28,76,80H,6-7,9,11-13,15,17-18,23-24,29-75H2,1-5H3/b10-8-,16-14-,21-19-,22-20-,27-25-,28-26-. The van der Waals surface area contributed by atoms with Crippen molar-refractivity contribution in [3.63, 3.8) is 0 Å². The van der Waals surface area contributed by atoms with Gasteiger partial charge in [0, 0.05) is 12.8 Å². The van der Waals surface area contributed by atoms with E-state index in [4.69, 9.17) is 18.9 Å². The molecule has 0 amide bonds. The molecule has 0 aromatic carbocycles. The molecule has 0 saturated heterocycles. The summed E-state index contributed by atoms with van der Waals surface area (Å²) in [7, 11) is 5.94. The van der Waals surface area contributed by atoms with Crippen molar-refractivity contribution >= 4 is 17.9 Å². The number of hydrogen-bond donors (Lipinski definition) is 0. The minimum absolute atomic E-state index is 0.149. The van der Waals surface area contributed by atoms with Gasteiger partial charge in [-0.1, -0.05) is 337 Å². The van der Waals surface area contributed by atoms with Crippen molar-refractivity contribution in [2.75, 3.05) is 47.5 Å². The van der Waals surface area contributed by atoms with E-state index >= 15 is 0 Å². The van der Waals surface area contributed by atoms with Crippen LogP contribution in [0.5, 0.6) is 0 Å². The fourth-order valence-electron chi connectivity index (χ4n) is 11.2. The smallest absolute Gasteiger partial charge is 0.306 e. The first-order valence-corrected chi connectivity index (χ1v) is 38.1. The summed E-state index contributed by atoms with van der Waals surface area (Å²) in [4.78, 5) is 37.5. The molecule has 0 bridgehead atoms. The number of aliphatic carboxylic acids is 1. The molecule has 0 aliphatic rings. The normalized spacial score (nSPS) is 13.0. The predicted octanol–water partition coefficient (Wildman–Crippen LogP) is 22.7. The summed E-state index contributed by atoms with van der Waals surface area (Å²) in [6.07, 6.45) is 91.6. The number of quaternary nitrogens is 1. The van der Waals surface area contributed by atoms with Crippen LogP contribution in [-0.4, -0.2) is 82.3 Å². The van der Waals surface area contributed by atoms with E-state index in [1.807, 2.05) is 21.1 Å². The third-order valence-electron chi connectivity index (χ3n) is 16.9. The maximum atomic E-state index is 13.0. The van der Waals surface area contributed by atoms with Gasteiger partial charge >= 0.3 is 11.9 Å². The maximum Gasteiger partial charge on any atom is 0.306 e. The monoisotopic (exact) mass is 1250 g/mol. The second-order valence-corrected chi connectivity index (χ2v) is 26.9. The Balaban J connectivity index is 3.98. The Labute approximate surface area is 551 Å². The van der Waals surface area contributed by atoms with Gasteiger partial charge in [0.1, 0.15) is 13.2 Å². The van der Waals surface area contributed by atoms with Gasteiger partial charge in [0.05, 0.1) is 40.3 Å². The molecule has 9 nitrogen and oxygen atoms in total. The molecule has 0 rings (SSSR count). The minimum Gasteiger partial charge on any atom is -0.545 e. The SMILES string of the molecule is CC/C=C\C/C=C\C/C=C\C/C=C\CCCCCCCCCCCCCCCCCCCCCCCCCCCCC(=O)OC(COC(=O)CCCCCCCCCCCCCCC/C=C\C/C=C\CCCCCCC)COC(OCC[N+](C)(C)C)C(=O)[O-]. The molecule has 2 atom stereocenters. The van der Waals surface area contributed by atoms with Gasteiger partial charge in [0.15, 0.2) is 12.4 Å². The summed E-state index contributed by atoms with van der Waals surface area (Å²) in [5.41, 5.74) is 0. The maximum absolute atomic E-state index is 13.0. The lowest BCUT2D eigenvalue weighted by Crippen LogP contribution is -2.44. The molecular weight excluding hydrogens is 1100 g/mol. The van der Waals surface area contributed by atoms with Crippen LogP contribution in [0.1, 0.15) is 361 Å². The van der Waals surface area contributed by atoms with Crippen LogP contribution in [0.3, 0.4) is 0 Å².